The van der Waals surface area contributed by atoms with Gasteiger partial charge in [0, 0.05) is 49.1 Å². The molecule has 2 aliphatic rings. The Morgan fingerprint density at radius 1 is 0.694 bits per heavy atom. The van der Waals surface area contributed by atoms with E-state index in [1.807, 2.05) is 18.2 Å². The van der Waals surface area contributed by atoms with Crippen molar-refractivity contribution in [2.24, 2.45) is 0 Å². The van der Waals surface area contributed by atoms with Crippen molar-refractivity contribution >= 4 is 23.2 Å². The van der Waals surface area contributed by atoms with Gasteiger partial charge < -0.3 is 9.80 Å². The maximum Gasteiger partial charge on any atom is 0.418 e. The number of carbonyl (C=O) groups is 2. The lowest BCUT2D eigenvalue weighted by molar-refractivity contribution is -0.137. The van der Waals surface area contributed by atoms with Crippen molar-refractivity contribution < 1.29 is 22.8 Å². The number of carbonyl (C=O) groups excluding carboxylic acids is 2. The zero-order valence-corrected chi connectivity index (χ0v) is 19.7. The van der Waals surface area contributed by atoms with Gasteiger partial charge in [-0.05, 0) is 67.1 Å². The molecule has 2 aliphatic heterocycles. The maximum absolute atomic E-state index is 13.5. The minimum atomic E-state index is -4.51. The number of aromatic nitrogens is 1. The molecule has 0 bridgehead atoms. The Kier molecular flexibility index (Phi) is 6.51. The fraction of sp³-hybridized carbons (Fsp3) is 0.321. The van der Waals surface area contributed by atoms with Gasteiger partial charge in [0.25, 0.3) is 0 Å². The first-order valence-electron chi connectivity index (χ1n) is 12.2. The molecule has 0 aliphatic carbocycles. The minimum absolute atomic E-state index is 0.0551. The Morgan fingerprint density at radius 3 is 1.78 bits per heavy atom. The third-order valence-corrected chi connectivity index (χ3v) is 6.78. The highest BCUT2D eigenvalue weighted by atomic mass is 19.4. The van der Waals surface area contributed by atoms with Gasteiger partial charge >= 0.3 is 6.18 Å². The molecule has 3 heterocycles. The molecule has 2 aromatic carbocycles. The standard InChI is InChI=1S/C28H26F3N3O2/c29-28(30,31)24-6-5-13-32-27(24)20-11-9-19(10-12-20)21-16-22(33-14-3-1-7-25(33)35)18-23(17-21)34-15-4-2-8-26(34)36/h5-6,9-13,16-18H,1-4,7-8,14-15H2. The van der Waals surface area contributed by atoms with Gasteiger partial charge in [-0.3, -0.25) is 14.6 Å². The van der Waals surface area contributed by atoms with Crippen molar-refractivity contribution in [3.05, 3.63) is 66.4 Å². The number of benzene rings is 2. The molecule has 0 unspecified atom stereocenters. The van der Waals surface area contributed by atoms with Crippen molar-refractivity contribution in [3.8, 4) is 22.4 Å². The third-order valence-electron chi connectivity index (χ3n) is 6.78. The van der Waals surface area contributed by atoms with Crippen LogP contribution in [0.3, 0.4) is 0 Å². The number of halogens is 3. The van der Waals surface area contributed by atoms with Crippen LogP contribution in [-0.4, -0.2) is 29.9 Å². The van der Waals surface area contributed by atoms with Gasteiger partial charge in [0.2, 0.25) is 11.8 Å². The second-order valence-electron chi connectivity index (χ2n) is 9.22. The molecule has 0 N–H and O–H groups in total. The smallest absolute Gasteiger partial charge is 0.312 e. The average molecular weight is 494 g/mol. The topological polar surface area (TPSA) is 53.5 Å². The molecule has 2 amide bonds. The molecule has 0 spiro atoms. The number of hydrogen-bond acceptors (Lipinski definition) is 3. The number of anilines is 2. The third kappa shape index (κ3) is 4.85. The quantitative estimate of drug-likeness (QED) is 0.419. The number of alkyl halides is 3. The number of hydrogen-bond donors (Lipinski definition) is 0. The van der Waals surface area contributed by atoms with Crippen molar-refractivity contribution in [1.82, 2.24) is 4.98 Å². The van der Waals surface area contributed by atoms with E-state index in [2.05, 4.69) is 4.98 Å². The van der Waals surface area contributed by atoms with Crippen LogP contribution in [0.1, 0.15) is 44.1 Å². The van der Waals surface area contributed by atoms with E-state index >= 15 is 0 Å². The van der Waals surface area contributed by atoms with Gasteiger partial charge in [-0.2, -0.15) is 13.2 Å². The molecule has 186 valence electrons. The highest BCUT2D eigenvalue weighted by molar-refractivity contribution is 5.99. The zero-order valence-electron chi connectivity index (χ0n) is 19.7. The lowest BCUT2D eigenvalue weighted by Crippen LogP contribution is -2.37. The Labute approximate surface area is 207 Å². The average Bonchev–Trinajstić information content (AvgIpc) is 2.88. The van der Waals surface area contributed by atoms with Gasteiger partial charge in [0.1, 0.15) is 0 Å². The van der Waals surface area contributed by atoms with Crippen LogP contribution in [-0.2, 0) is 15.8 Å². The van der Waals surface area contributed by atoms with Crippen LogP contribution in [0, 0.1) is 0 Å². The summed E-state index contributed by atoms with van der Waals surface area (Å²) in [6.45, 7) is 1.24. The predicted octanol–water partition coefficient (Wildman–Crippen LogP) is 6.47. The number of amides is 2. The van der Waals surface area contributed by atoms with Crippen LogP contribution in [0.5, 0.6) is 0 Å². The van der Waals surface area contributed by atoms with Gasteiger partial charge in [-0.15, -0.1) is 0 Å². The molecule has 0 saturated carbocycles. The van der Waals surface area contributed by atoms with Crippen molar-refractivity contribution in [2.45, 2.75) is 44.7 Å². The largest absolute Gasteiger partial charge is 0.418 e. The summed E-state index contributed by atoms with van der Waals surface area (Å²) in [4.78, 5) is 32.8. The van der Waals surface area contributed by atoms with Crippen molar-refractivity contribution in [3.63, 3.8) is 0 Å². The maximum atomic E-state index is 13.5. The van der Waals surface area contributed by atoms with Crippen molar-refractivity contribution in [1.29, 1.82) is 0 Å². The summed E-state index contributed by atoms with van der Waals surface area (Å²) in [5.74, 6) is 0.110. The van der Waals surface area contributed by atoms with E-state index in [-0.39, 0.29) is 17.5 Å². The molecular weight excluding hydrogens is 467 g/mol. The molecule has 5 nitrogen and oxygen atoms in total. The Balaban J connectivity index is 1.55. The molecule has 2 fully saturated rings. The summed E-state index contributed by atoms with van der Waals surface area (Å²) < 4.78 is 40.4. The first kappa shape index (κ1) is 24.0. The lowest BCUT2D eigenvalue weighted by Gasteiger charge is -2.31. The molecule has 1 aromatic heterocycles. The van der Waals surface area contributed by atoms with Crippen LogP contribution in [0.2, 0.25) is 0 Å². The van der Waals surface area contributed by atoms with E-state index in [0.717, 1.165) is 54.3 Å². The second-order valence-corrected chi connectivity index (χ2v) is 9.22. The Morgan fingerprint density at radius 2 is 1.25 bits per heavy atom. The number of nitrogens with zero attached hydrogens (tertiary/aromatic N) is 3. The van der Waals surface area contributed by atoms with E-state index in [0.29, 0.717) is 31.5 Å². The van der Waals surface area contributed by atoms with E-state index in [1.54, 1.807) is 34.1 Å². The number of piperidine rings is 2. The molecule has 3 aromatic rings. The molecule has 0 atom stereocenters. The van der Waals surface area contributed by atoms with Gasteiger partial charge in [0.15, 0.2) is 0 Å². The summed E-state index contributed by atoms with van der Waals surface area (Å²) in [5, 5.41) is 0. The summed E-state index contributed by atoms with van der Waals surface area (Å²) in [7, 11) is 0. The van der Waals surface area contributed by atoms with Crippen LogP contribution in [0.15, 0.2) is 60.8 Å². The highest BCUT2D eigenvalue weighted by Crippen LogP contribution is 2.38. The summed E-state index contributed by atoms with van der Waals surface area (Å²) in [6, 6.07) is 14.8. The van der Waals surface area contributed by atoms with Crippen molar-refractivity contribution in [2.75, 3.05) is 22.9 Å². The number of pyridine rings is 1. The lowest BCUT2D eigenvalue weighted by atomic mass is 9.98. The summed E-state index contributed by atoms with van der Waals surface area (Å²) >= 11 is 0. The van der Waals surface area contributed by atoms with E-state index in [4.69, 9.17) is 0 Å². The SMILES string of the molecule is O=C1CCCCN1c1cc(-c2ccc(-c3ncccc3C(F)(F)F)cc2)cc(N2CCCCC2=O)c1. The molecule has 5 rings (SSSR count). The van der Waals surface area contributed by atoms with Crippen LogP contribution in [0.4, 0.5) is 24.5 Å². The highest BCUT2D eigenvalue weighted by Gasteiger charge is 2.34. The Hall–Kier alpha value is -3.68. The molecule has 8 heteroatoms. The zero-order chi connectivity index (χ0) is 25.3. The Bertz CT molecular complexity index is 1240. The van der Waals surface area contributed by atoms with Crippen LogP contribution >= 0.6 is 0 Å². The number of rotatable bonds is 4. The van der Waals surface area contributed by atoms with E-state index in [9.17, 15) is 22.8 Å². The van der Waals surface area contributed by atoms with E-state index in [1.165, 1.54) is 12.3 Å². The van der Waals surface area contributed by atoms with Crippen LogP contribution in [0.25, 0.3) is 22.4 Å². The first-order valence-corrected chi connectivity index (χ1v) is 12.2. The summed E-state index contributed by atoms with van der Waals surface area (Å²) in [5.41, 5.74) is 2.50. The van der Waals surface area contributed by atoms with Gasteiger partial charge in [-0.1, -0.05) is 24.3 Å². The van der Waals surface area contributed by atoms with Gasteiger partial charge in [0.05, 0.1) is 11.3 Å². The van der Waals surface area contributed by atoms with E-state index < -0.39 is 11.7 Å². The molecular formula is C28H26F3N3O2. The monoisotopic (exact) mass is 493 g/mol. The minimum Gasteiger partial charge on any atom is -0.312 e. The van der Waals surface area contributed by atoms with Crippen LogP contribution < -0.4 is 9.80 Å². The molecule has 36 heavy (non-hydrogen) atoms. The first-order chi connectivity index (χ1) is 17.3. The second kappa shape index (κ2) is 9.76. The van der Waals surface area contributed by atoms with Gasteiger partial charge in [-0.25, -0.2) is 0 Å². The fourth-order valence-electron chi connectivity index (χ4n) is 4.92. The molecule has 0 radical (unpaired) electrons. The fourth-order valence-corrected chi connectivity index (χ4v) is 4.92. The molecule has 2 saturated heterocycles. The predicted molar refractivity (Wildman–Crippen MR) is 133 cm³/mol. The normalized spacial score (nSPS) is 17.0. The summed E-state index contributed by atoms with van der Waals surface area (Å²) in [6.07, 6.45) is 1.36.